The molecule has 0 aliphatic heterocycles. The van der Waals surface area contributed by atoms with Crippen molar-refractivity contribution in [3.05, 3.63) is 81.2 Å². The number of benzene rings is 3. The summed E-state index contributed by atoms with van der Waals surface area (Å²) in [5.74, 6) is 1.49. The van der Waals surface area contributed by atoms with Crippen LogP contribution in [0.3, 0.4) is 0 Å². The molecule has 28 heavy (non-hydrogen) atoms. The highest BCUT2D eigenvalue weighted by molar-refractivity contribution is 9.10. The van der Waals surface area contributed by atoms with Gasteiger partial charge in [-0.2, -0.15) is 0 Å². The third-order valence-electron chi connectivity index (χ3n) is 4.40. The maximum absolute atomic E-state index is 6.50. The van der Waals surface area contributed by atoms with Gasteiger partial charge in [0.2, 0.25) is 0 Å². The number of ether oxygens (including phenoxy) is 1. The number of imidazole rings is 1. The second-order valence-corrected chi connectivity index (χ2v) is 7.77. The van der Waals surface area contributed by atoms with E-state index >= 15 is 0 Å². The molecule has 0 aliphatic rings. The van der Waals surface area contributed by atoms with E-state index in [2.05, 4.69) is 20.9 Å². The van der Waals surface area contributed by atoms with Crippen molar-refractivity contribution in [1.82, 2.24) is 9.97 Å². The number of nitrogens with one attached hydrogen (secondary N) is 1. The Morgan fingerprint density at radius 2 is 1.71 bits per heavy atom. The normalized spacial score (nSPS) is 10.9. The number of rotatable bonds is 4. The van der Waals surface area contributed by atoms with Crippen LogP contribution in [0.2, 0.25) is 10.0 Å². The van der Waals surface area contributed by atoms with Crippen LogP contribution >= 0.6 is 39.1 Å². The summed E-state index contributed by atoms with van der Waals surface area (Å²) in [6.45, 7) is 0. The Bertz CT molecular complexity index is 1140. The number of H-pyrrole nitrogens is 1. The zero-order valence-corrected chi connectivity index (χ0v) is 17.9. The summed E-state index contributed by atoms with van der Waals surface area (Å²) in [6, 6.07) is 21.4. The molecule has 0 radical (unpaired) electrons. The molecular weight excluding hydrogens is 459 g/mol. The first kappa shape index (κ1) is 19.1. The van der Waals surface area contributed by atoms with Gasteiger partial charge in [0.1, 0.15) is 11.6 Å². The minimum atomic E-state index is 0.493. The number of aromatic amines is 1. The summed E-state index contributed by atoms with van der Waals surface area (Å²) < 4.78 is 6.18. The molecule has 0 saturated carbocycles. The molecule has 4 aromatic rings. The average molecular weight is 474 g/mol. The molecule has 0 fully saturated rings. The summed E-state index contributed by atoms with van der Waals surface area (Å²) in [5, 5.41) is 0.994. The predicted molar refractivity (Wildman–Crippen MR) is 119 cm³/mol. The minimum Gasteiger partial charge on any atom is -0.496 e. The quantitative estimate of drug-likeness (QED) is 0.333. The van der Waals surface area contributed by atoms with Crippen molar-refractivity contribution in [2.24, 2.45) is 0 Å². The van der Waals surface area contributed by atoms with Gasteiger partial charge in [0.05, 0.1) is 33.0 Å². The molecule has 0 atom stereocenters. The van der Waals surface area contributed by atoms with Gasteiger partial charge in [-0.15, -0.1) is 0 Å². The number of nitrogens with zero attached hydrogens (tertiary/aromatic N) is 1. The van der Waals surface area contributed by atoms with Gasteiger partial charge in [-0.25, -0.2) is 4.98 Å². The lowest BCUT2D eigenvalue weighted by Crippen LogP contribution is -1.86. The molecule has 0 spiro atoms. The number of hydrogen-bond donors (Lipinski definition) is 1. The van der Waals surface area contributed by atoms with Gasteiger partial charge >= 0.3 is 0 Å². The second kappa shape index (κ2) is 8.00. The SMILES string of the molecule is COc1ccc(-c2nc(-c3ccccc3)c(-c3cccc(Cl)c3Cl)[nH]2)cc1Br. The predicted octanol–water partition coefficient (Wildman–Crippen LogP) is 7.49. The van der Waals surface area contributed by atoms with Gasteiger partial charge < -0.3 is 9.72 Å². The van der Waals surface area contributed by atoms with Crippen LogP contribution in [0.25, 0.3) is 33.9 Å². The molecular formula is C22H15BrCl2N2O. The van der Waals surface area contributed by atoms with Crippen LogP contribution in [0.15, 0.2) is 71.2 Å². The minimum absolute atomic E-state index is 0.493. The van der Waals surface area contributed by atoms with Crippen LogP contribution in [-0.2, 0) is 0 Å². The van der Waals surface area contributed by atoms with E-state index in [0.717, 1.165) is 44.1 Å². The van der Waals surface area contributed by atoms with E-state index in [9.17, 15) is 0 Å². The lowest BCUT2D eigenvalue weighted by atomic mass is 10.1. The molecule has 0 unspecified atom stereocenters. The molecule has 6 heteroatoms. The maximum atomic E-state index is 6.50. The smallest absolute Gasteiger partial charge is 0.138 e. The first-order chi connectivity index (χ1) is 13.6. The van der Waals surface area contributed by atoms with Crippen LogP contribution in [-0.4, -0.2) is 17.1 Å². The van der Waals surface area contributed by atoms with E-state index in [4.69, 9.17) is 32.9 Å². The molecule has 0 amide bonds. The second-order valence-electron chi connectivity index (χ2n) is 6.13. The summed E-state index contributed by atoms with van der Waals surface area (Å²) in [5.41, 5.74) is 4.35. The van der Waals surface area contributed by atoms with Gasteiger partial charge in [-0.3, -0.25) is 0 Å². The van der Waals surface area contributed by atoms with Crippen LogP contribution in [0.5, 0.6) is 5.75 Å². The number of hydrogen-bond acceptors (Lipinski definition) is 2. The fraction of sp³-hybridized carbons (Fsp3) is 0.0455. The lowest BCUT2D eigenvalue weighted by Gasteiger charge is -2.06. The summed E-state index contributed by atoms with van der Waals surface area (Å²) in [7, 11) is 1.64. The van der Waals surface area contributed by atoms with E-state index < -0.39 is 0 Å². The Kier molecular flexibility index (Phi) is 5.44. The maximum Gasteiger partial charge on any atom is 0.138 e. The number of halogens is 3. The summed E-state index contributed by atoms with van der Waals surface area (Å²) in [6.07, 6.45) is 0. The Balaban J connectivity index is 1.92. The van der Waals surface area contributed by atoms with E-state index in [1.54, 1.807) is 13.2 Å². The van der Waals surface area contributed by atoms with Crippen LogP contribution in [0.4, 0.5) is 0 Å². The number of aromatic nitrogens is 2. The van der Waals surface area contributed by atoms with Crippen LogP contribution < -0.4 is 4.74 Å². The van der Waals surface area contributed by atoms with Crippen molar-refractivity contribution in [3.8, 4) is 39.7 Å². The highest BCUT2D eigenvalue weighted by atomic mass is 79.9. The molecule has 3 aromatic carbocycles. The van der Waals surface area contributed by atoms with Crippen LogP contribution in [0.1, 0.15) is 0 Å². The zero-order valence-electron chi connectivity index (χ0n) is 14.8. The molecule has 0 aliphatic carbocycles. The topological polar surface area (TPSA) is 37.9 Å². The first-order valence-electron chi connectivity index (χ1n) is 8.52. The molecule has 0 saturated heterocycles. The van der Waals surface area contributed by atoms with E-state index in [-0.39, 0.29) is 0 Å². The average Bonchev–Trinajstić information content (AvgIpc) is 3.16. The lowest BCUT2D eigenvalue weighted by molar-refractivity contribution is 0.412. The Hall–Kier alpha value is -2.27. The van der Waals surface area contributed by atoms with Crippen molar-refractivity contribution in [1.29, 1.82) is 0 Å². The number of methoxy groups -OCH3 is 1. The zero-order chi connectivity index (χ0) is 19.7. The molecule has 0 bridgehead atoms. The molecule has 4 rings (SSSR count). The van der Waals surface area contributed by atoms with Crippen molar-refractivity contribution < 1.29 is 4.74 Å². The van der Waals surface area contributed by atoms with Crippen LogP contribution in [0, 0.1) is 0 Å². The van der Waals surface area contributed by atoms with Gasteiger partial charge in [-0.1, -0.05) is 65.7 Å². The monoisotopic (exact) mass is 472 g/mol. The molecule has 1 aromatic heterocycles. The molecule has 3 nitrogen and oxygen atoms in total. The third kappa shape index (κ3) is 3.55. The largest absolute Gasteiger partial charge is 0.496 e. The third-order valence-corrected chi connectivity index (χ3v) is 5.84. The summed E-state index contributed by atoms with van der Waals surface area (Å²) >= 11 is 16.3. The van der Waals surface area contributed by atoms with Gasteiger partial charge in [0.15, 0.2) is 0 Å². The Morgan fingerprint density at radius 3 is 2.43 bits per heavy atom. The fourth-order valence-corrected chi connectivity index (χ4v) is 3.96. The highest BCUT2D eigenvalue weighted by Gasteiger charge is 2.18. The van der Waals surface area contributed by atoms with Gasteiger partial charge in [-0.05, 0) is 40.2 Å². The molecule has 1 heterocycles. The summed E-state index contributed by atoms with van der Waals surface area (Å²) in [4.78, 5) is 8.31. The van der Waals surface area contributed by atoms with Crippen molar-refractivity contribution in [3.63, 3.8) is 0 Å². The van der Waals surface area contributed by atoms with Crippen molar-refractivity contribution in [2.75, 3.05) is 7.11 Å². The fourth-order valence-electron chi connectivity index (χ4n) is 3.02. The highest BCUT2D eigenvalue weighted by Crippen LogP contribution is 2.39. The van der Waals surface area contributed by atoms with E-state index in [0.29, 0.717) is 10.0 Å². The Labute approximate surface area is 181 Å². The molecule has 1 N–H and O–H groups in total. The first-order valence-corrected chi connectivity index (χ1v) is 10.1. The molecule has 140 valence electrons. The standard InChI is InChI=1S/C22H15BrCl2N2O/c1-28-18-11-10-14(12-16(18)23)22-26-20(13-6-3-2-4-7-13)21(27-22)15-8-5-9-17(24)19(15)25/h2-12H,1H3,(H,26,27). The van der Waals surface area contributed by atoms with E-state index in [1.165, 1.54) is 0 Å². The Morgan fingerprint density at radius 1 is 0.929 bits per heavy atom. The van der Waals surface area contributed by atoms with Crippen molar-refractivity contribution in [2.45, 2.75) is 0 Å². The van der Waals surface area contributed by atoms with Gasteiger partial charge in [0.25, 0.3) is 0 Å². The van der Waals surface area contributed by atoms with Gasteiger partial charge in [0, 0.05) is 16.7 Å². The van der Waals surface area contributed by atoms with Crippen molar-refractivity contribution >= 4 is 39.1 Å². The van der Waals surface area contributed by atoms with E-state index in [1.807, 2.05) is 60.7 Å².